The number of benzene rings is 2. The predicted molar refractivity (Wildman–Crippen MR) is 109 cm³/mol. The van der Waals surface area contributed by atoms with Crippen molar-refractivity contribution < 1.29 is 24.2 Å². The summed E-state index contributed by atoms with van der Waals surface area (Å²) in [6.07, 6.45) is -0.502. The van der Waals surface area contributed by atoms with Crippen LogP contribution in [-0.2, 0) is 0 Å². The quantitative estimate of drug-likeness (QED) is 0.558. The summed E-state index contributed by atoms with van der Waals surface area (Å²) in [6.45, 7) is 1.45. The highest BCUT2D eigenvalue weighted by atomic mass is 16.5. The van der Waals surface area contributed by atoms with Gasteiger partial charge < -0.3 is 30.5 Å². The van der Waals surface area contributed by atoms with Crippen molar-refractivity contribution in [3.8, 4) is 11.5 Å². The number of carbonyl (C=O) groups is 2. The molecular formula is C21H25N3O5. The SMILES string of the molecule is COc1cc(NC(=O)c2ccccc2)c(C(=O)NCC2CNCC2O)cc1OC. The molecule has 0 saturated carbocycles. The first-order valence-corrected chi connectivity index (χ1v) is 9.33. The van der Waals surface area contributed by atoms with E-state index in [1.54, 1.807) is 30.3 Å². The van der Waals surface area contributed by atoms with Gasteiger partial charge in [0.2, 0.25) is 0 Å². The third-order valence-corrected chi connectivity index (χ3v) is 4.88. The normalized spacial score (nSPS) is 18.2. The Kier molecular flexibility index (Phi) is 6.69. The number of ether oxygens (including phenoxy) is 2. The van der Waals surface area contributed by atoms with Crippen molar-refractivity contribution in [1.82, 2.24) is 10.6 Å². The van der Waals surface area contributed by atoms with Gasteiger partial charge in [0.25, 0.3) is 11.8 Å². The van der Waals surface area contributed by atoms with Crippen LogP contribution in [0, 0.1) is 5.92 Å². The molecular weight excluding hydrogens is 374 g/mol. The highest BCUT2D eigenvalue weighted by molar-refractivity contribution is 6.09. The van der Waals surface area contributed by atoms with Crippen LogP contribution in [0.4, 0.5) is 5.69 Å². The number of methoxy groups -OCH3 is 2. The number of hydrogen-bond donors (Lipinski definition) is 4. The third-order valence-electron chi connectivity index (χ3n) is 4.88. The number of β-amino-alcohol motifs (C(OH)–C–C–N with tert-alkyl or cyclic N) is 1. The van der Waals surface area contributed by atoms with Crippen LogP contribution in [-0.4, -0.2) is 56.9 Å². The molecule has 0 radical (unpaired) electrons. The van der Waals surface area contributed by atoms with Crippen molar-refractivity contribution in [3.05, 3.63) is 53.6 Å². The van der Waals surface area contributed by atoms with Gasteiger partial charge in [-0.2, -0.15) is 0 Å². The van der Waals surface area contributed by atoms with Crippen LogP contribution in [0.5, 0.6) is 11.5 Å². The second-order valence-electron chi connectivity index (χ2n) is 6.77. The van der Waals surface area contributed by atoms with E-state index in [0.29, 0.717) is 42.4 Å². The molecule has 0 bridgehead atoms. The van der Waals surface area contributed by atoms with Crippen LogP contribution >= 0.6 is 0 Å². The van der Waals surface area contributed by atoms with E-state index in [0.717, 1.165) is 0 Å². The Morgan fingerprint density at radius 1 is 1.07 bits per heavy atom. The maximum absolute atomic E-state index is 12.9. The lowest BCUT2D eigenvalue weighted by Gasteiger charge is -2.18. The minimum atomic E-state index is -0.502. The summed E-state index contributed by atoms with van der Waals surface area (Å²) in [6, 6.07) is 11.8. The van der Waals surface area contributed by atoms with Gasteiger partial charge in [0.1, 0.15) is 0 Å². The third kappa shape index (κ3) is 4.85. The number of amides is 2. The Balaban J connectivity index is 1.85. The Hall–Kier alpha value is -3.10. The summed E-state index contributed by atoms with van der Waals surface area (Å²) in [5.74, 6) is -0.0297. The summed E-state index contributed by atoms with van der Waals surface area (Å²) in [7, 11) is 2.96. The van der Waals surface area contributed by atoms with Crippen LogP contribution in [0.25, 0.3) is 0 Å². The highest BCUT2D eigenvalue weighted by Crippen LogP contribution is 2.33. The molecule has 154 valence electrons. The highest BCUT2D eigenvalue weighted by Gasteiger charge is 2.26. The minimum Gasteiger partial charge on any atom is -0.493 e. The average Bonchev–Trinajstić information content (AvgIpc) is 3.16. The zero-order valence-corrected chi connectivity index (χ0v) is 16.4. The van der Waals surface area contributed by atoms with Crippen LogP contribution < -0.4 is 25.4 Å². The van der Waals surface area contributed by atoms with Gasteiger partial charge in [0, 0.05) is 37.2 Å². The van der Waals surface area contributed by atoms with E-state index in [9.17, 15) is 14.7 Å². The van der Waals surface area contributed by atoms with E-state index in [-0.39, 0.29) is 23.3 Å². The van der Waals surface area contributed by atoms with Crippen molar-refractivity contribution in [3.63, 3.8) is 0 Å². The molecule has 2 unspecified atom stereocenters. The topological polar surface area (TPSA) is 109 Å². The van der Waals surface area contributed by atoms with Gasteiger partial charge in [0.05, 0.1) is 31.6 Å². The molecule has 2 aromatic rings. The van der Waals surface area contributed by atoms with Crippen LogP contribution in [0.3, 0.4) is 0 Å². The van der Waals surface area contributed by atoms with Gasteiger partial charge in [0.15, 0.2) is 11.5 Å². The van der Waals surface area contributed by atoms with Crippen molar-refractivity contribution >= 4 is 17.5 Å². The number of hydrogen-bond acceptors (Lipinski definition) is 6. The van der Waals surface area contributed by atoms with Gasteiger partial charge in [-0.25, -0.2) is 0 Å². The van der Waals surface area contributed by atoms with E-state index < -0.39 is 6.10 Å². The van der Waals surface area contributed by atoms with Crippen molar-refractivity contribution in [2.24, 2.45) is 5.92 Å². The zero-order chi connectivity index (χ0) is 20.8. The summed E-state index contributed by atoms with van der Waals surface area (Å²) in [5, 5.41) is 18.6. The summed E-state index contributed by atoms with van der Waals surface area (Å²) in [5.41, 5.74) is 1.01. The lowest BCUT2D eigenvalue weighted by Crippen LogP contribution is -2.34. The van der Waals surface area contributed by atoms with Gasteiger partial charge in [-0.15, -0.1) is 0 Å². The van der Waals surface area contributed by atoms with Gasteiger partial charge in [-0.05, 0) is 18.2 Å². The van der Waals surface area contributed by atoms with Crippen LogP contribution in [0.1, 0.15) is 20.7 Å². The molecule has 0 aliphatic carbocycles. The van der Waals surface area contributed by atoms with Crippen LogP contribution in [0.2, 0.25) is 0 Å². The second kappa shape index (κ2) is 9.40. The number of aliphatic hydroxyl groups excluding tert-OH is 1. The summed E-state index contributed by atoms with van der Waals surface area (Å²) >= 11 is 0. The first-order valence-electron chi connectivity index (χ1n) is 9.33. The molecule has 4 N–H and O–H groups in total. The fourth-order valence-corrected chi connectivity index (χ4v) is 3.20. The fraction of sp³-hybridized carbons (Fsp3) is 0.333. The van der Waals surface area contributed by atoms with E-state index in [1.807, 2.05) is 6.07 Å². The molecule has 29 heavy (non-hydrogen) atoms. The van der Waals surface area contributed by atoms with Crippen molar-refractivity contribution in [1.29, 1.82) is 0 Å². The van der Waals surface area contributed by atoms with E-state index in [4.69, 9.17) is 9.47 Å². The molecule has 0 spiro atoms. The maximum atomic E-state index is 12.9. The standard InChI is InChI=1S/C21H25N3O5/c1-28-18-8-15(21(27)23-11-14-10-22-12-17(14)25)16(9-19(18)29-2)24-20(26)13-6-4-3-5-7-13/h3-9,14,17,22,25H,10-12H2,1-2H3,(H,23,27)(H,24,26). The lowest BCUT2D eigenvalue weighted by atomic mass is 10.1. The number of nitrogens with one attached hydrogen (secondary N) is 3. The molecule has 1 heterocycles. The molecule has 2 atom stereocenters. The van der Waals surface area contributed by atoms with E-state index in [1.165, 1.54) is 20.3 Å². The van der Waals surface area contributed by atoms with Gasteiger partial charge in [-0.3, -0.25) is 9.59 Å². The first-order chi connectivity index (χ1) is 14.0. The minimum absolute atomic E-state index is 0.0681. The second-order valence-corrected chi connectivity index (χ2v) is 6.77. The van der Waals surface area contributed by atoms with Crippen LogP contribution in [0.15, 0.2) is 42.5 Å². The lowest BCUT2D eigenvalue weighted by molar-refractivity contribution is 0.0927. The monoisotopic (exact) mass is 399 g/mol. The molecule has 1 fully saturated rings. The Labute approximate surface area is 169 Å². The molecule has 8 heteroatoms. The van der Waals surface area contributed by atoms with Crippen molar-refractivity contribution in [2.45, 2.75) is 6.10 Å². The predicted octanol–water partition coefficient (Wildman–Crippen LogP) is 1.27. The number of carbonyl (C=O) groups excluding carboxylic acids is 2. The largest absolute Gasteiger partial charge is 0.493 e. The molecule has 2 aromatic carbocycles. The molecule has 1 aliphatic rings. The van der Waals surface area contributed by atoms with Gasteiger partial charge >= 0.3 is 0 Å². The van der Waals surface area contributed by atoms with Crippen molar-refractivity contribution in [2.75, 3.05) is 39.2 Å². The summed E-state index contributed by atoms with van der Waals surface area (Å²) < 4.78 is 10.6. The van der Waals surface area contributed by atoms with E-state index >= 15 is 0 Å². The van der Waals surface area contributed by atoms with Gasteiger partial charge in [-0.1, -0.05) is 18.2 Å². The molecule has 3 rings (SSSR count). The molecule has 1 saturated heterocycles. The van der Waals surface area contributed by atoms with E-state index in [2.05, 4.69) is 16.0 Å². The molecule has 0 aromatic heterocycles. The Morgan fingerprint density at radius 2 is 1.76 bits per heavy atom. The first kappa shape index (κ1) is 20.6. The fourth-order valence-electron chi connectivity index (χ4n) is 3.20. The number of anilines is 1. The smallest absolute Gasteiger partial charge is 0.255 e. The maximum Gasteiger partial charge on any atom is 0.255 e. The molecule has 1 aliphatic heterocycles. The Morgan fingerprint density at radius 3 is 2.38 bits per heavy atom. The number of aliphatic hydroxyl groups is 1. The Bertz CT molecular complexity index is 872. The average molecular weight is 399 g/mol. The zero-order valence-electron chi connectivity index (χ0n) is 16.4. The summed E-state index contributed by atoms with van der Waals surface area (Å²) in [4.78, 5) is 25.5. The molecule has 2 amide bonds. The number of rotatable bonds is 7. The molecule has 8 nitrogen and oxygen atoms in total.